The number of fused-ring (bicyclic) bond motifs is 1. The largest absolute Gasteiger partial charge is 0.396 e. The van der Waals surface area contributed by atoms with E-state index in [-0.39, 0.29) is 12.0 Å². The molecule has 1 fully saturated rings. The second-order valence-corrected chi connectivity index (χ2v) is 6.58. The SMILES string of the molecule is CCCn1ccc2ccc(NC(=O)C(=O)NCC3(CO)CC3)cc21. The maximum absolute atomic E-state index is 12.0. The Kier molecular flexibility index (Phi) is 4.57. The number of nitrogens with one attached hydrogen (secondary N) is 2. The van der Waals surface area contributed by atoms with Crippen molar-refractivity contribution < 1.29 is 14.7 Å². The number of rotatable bonds is 6. The molecule has 1 heterocycles. The number of carbonyl (C=O) groups is 2. The van der Waals surface area contributed by atoms with E-state index < -0.39 is 11.8 Å². The molecular formula is C18H23N3O3. The number of carbonyl (C=O) groups excluding carboxylic acids is 2. The molecule has 128 valence electrons. The first-order valence-electron chi connectivity index (χ1n) is 8.36. The van der Waals surface area contributed by atoms with Crippen molar-refractivity contribution >= 4 is 28.4 Å². The van der Waals surface area contributed by atoms with E-state index in [4.69, 9.17) is 0 Å². The molecule has 2 aromatic rings. The fourth-order valence-corrected chi connectivity index (χ4v) is 2.80. The molecule has 0 radical (unpaired) electrons. The van der Waals surface area contributed by atoms with Crippen molar-refractivity contribution in [1.82, 2.24) is 9.88 Å². The molecule has 0 spiro atoms. The second-order valence-electron chi connectivity index (χ2n) is 6.58. The third-order valence-corrected chi connectivity index (χ3v) is 4.62. The van der Waals surface area contributed by atoms with Gasteiger partial charge in [0.1, 0.15) is 0 Å². The molecule has 0 bridgehead atoms. The van der Waals surface area contributed by atoms with E-state index in [1.807, 2.05) is 24.4 Å². The van der Waals surface area contributed by atoms with E-state index in [0.29, 0.717) is 12.2 Å². The van der Waals surface area contributed by atoms with Crippen molar-refractivity contribution in [2.45, 2.75) is 32.7 Å². The molecule has 1 saturated carbocycles. The molecular weight excluding hydrogens is 306 g/mol. The summed E-state index contributed by atoms with van der Waals surface area (Å²) in [6.45, 7) is 3.40. The van der Waals surface area contributed by atoms with E-state index >= 15 is 0 Å². The highest BCUT2D eigenvalue weighted by Crippen LogP contribution is 2.44. The van der Waals surface area contributed by atoms with E-state index in [0.717, 1.165) is 36.7 Å². The van der Waals surface area contributed by atoms with Gasteiger partial charge in [-0.05, 0) is 42.8 Å². The van der Waals surface area contributed by atoms with Gasteiger partial charge in [0, 0.05) is 30.4 Å². The van der Waals surface area contributed by atoms with E-state index in [2.05, 4.69) is 22.1 Å². The summed E-state index contributed by atoms with van der Waals surface area (Å²) in [6.07, 6.45) is 4.82. The lowest BCUT2D eigenvalue weighted by Crippen LogP contribution is -2.39. The lowest BCUT2D eigenvalue weighted by atomic mass is 10.1. The zero-order chi connectivity index (χ0) is 17.2. The lowest BCUT2D eigenvalue weighted by Gasteiger charge is -2.12. The van der Waals surface area contributed by atoms with Crippen molar-refractivity contribution in [1.29, 1.82) is 0 Å². The number of anilines is 1. The second kappa shape index (κ2) is 6.65. The van der Waals surface area contributed by atoms with Crippen LogP contribution in [-0.2, 0) is 16.1 Å². The standard InChI is InChI=1S/C18H23N3O3/c1-2-8-21-9-5-13-3-4-14(10-15(13)21)20-17(24)16(23)19-11-18(12-22)6-7-18/h3-5,9-10,22H,2,6-8,11-12H2,1H3,(H,19,23)(H,20,24). The number of amides is 2. The van der Waals surface area contributed by atoms with Gasteiger partial charge in [0.2, 0.25) is 0 Å². The van der Waals surface area contributed by atoms with Gasteiger partial charge in [-0.3, -0.25) is 9.59 Å². The number of aliphatic hydroxyl groups is 1. The highest BCUT2D eigenvalue weighted by Gasteiger charge is 2.42. The summed E-state index contributed by atoms with van der Waals surface area (Å²) < 4.78 is 2.13. The third kappa shape index (κ3) is 3.43. The van der Waals surface area contributed by atoms with Crippen LogP contribution >= 0.6 is 0 Å². The van der Waals surface area contributed by atoms with Crippen LogP contribution in [-0.4, -0.2) is 34.6 Å². The Hall–Kier alpha value is -2.34. The molecule has 1 aromatic carbocycles. The number of aromatic nitrogens is 1. The maximum Gasteiger partial charge on any atom is 0.313 e. The van der Waals surface area contributed by atoms with Gasteiger partial charge < -0.3 is 20.3 Å². The third-order valence-electron chi connectivity index (χ3n) is 4.62. The van der Waals surface area contributed by atoms with Crippen molar-refractivity contribution in [3.05, 3.63) is 30.5 Å². The van der Waals surface area contributed by atoms with Gasteiger partial charge in [-0.2, -0.15) is 0 Å². The number of hydrogen-bond acceptors (Lipinski definition) is 3. The van der Waals surface area contributed by atoms with Gasteiger partial charge in [0.05, 0.1) is 12.1 Å². The van der Waals surface area contributed by atoms with Crippen LogP contribution in [0.25, 0.3) is 10.9 Å². The van der Waals surface area contributed by atoms with E-state index in [1.165, 1.54) is 0 Å². The van der Waals surface area contributed by atoms with Crippen LogP contribution in [0.3, 0.4) is 0 Å². The summed E-state index contributed by atoms with van der Waals surface area (Å²) in [4.78, 5) is 23.9. The van der Waals surface area contributed by atoms with Crippen LogP contribution in [0.5, 0.6) is 0 Å². The molecule has 24 heavy (non-hydrogen) atoms. The van der Waals surface area contributed by atoms with Crippen molar-refractivity contribution in [2.75, 3.05) is 18.5 Å². The summed E-state index contributed by atoms with van der Waals surface area (Å²) in [7, 11) is 0. The zero-order valence-electron chi connectivity index (χ0n) is 13.8. The molecule has 1 aliphatic rings. The summed E-state index contributed by atoms with van der Waals surface area (Å²) in [5.41, 5.74) is 1.42. The van der Waals surface area contributed by atoms with Crippen molar-refractivity contribution in [3.63, 3.8) is 0 Å². The molecule has 1 aliphatic carbocycles. The average Bonchev–Trinajstić information content (AvgIpc) is 3.28. The zero-order valence-corrected chi connectivity index (χ0v) is 13.8. The minimum atomic E-state index is -0.684. The Morgan fingerprint density at radius 3 is 2.71 bits per heavy atom. The van der Waals surface area contributed by atoms with E-state index in [9.17, 15) is 14.7 Å². The van der Waals surface area contributed by atoms with Crippen LogP contribution in [0.4, 0.5) is 5.69 Å². The Bertz CT molecular complexity index is 762. The first-order valence-corrected chi connectivity index (χ1v) is 8.36. The predicted octanol–water partition coefficient (Wildman–Crippen LogP) is 1.88. The molecule has 0 saturated heterocycles. The van der Waals surface area contributed by atoms with Gasteiger partial charge in [0.25, 0.3) is 0 Å². The molecule has 6 heteroatoms. The summed E-state index contributed by atoms with van der Waals surface area (Å²) >= 11 is 0. The fourth-order valence-electron chi connectivity index (χ4n) is 2.80. The highest BCUT2D eigenvalue weighted by atomic mass is 16.3. The molecule has 2 amide bonds. The van der Waals surface area contributed by atoms with Crippen LogP contribution in [0, 0.1) is 5.41 Å². The topological polar surface area (TPSA) is 83.4 Å². The summed E-state index contributed by atoms with van der Waals surface area (Å²) in [5.74, 6) is -1.35. The fraction of sp³-hybridized carbons (Fsp3) is 0.444. The van der Waals surface area contributed by atoms with Gasteiger partial charge in [-0.25, -0.2) is 0 Å². The minimum absolute atomic E-state index is 0.0417. The minimum Gasteiger partial charge on any atom is -0.396 e. The molecule has 6 nitrogen and oxygen atoms in total. The number of benzene rings is 1. The Labute approximate surface area is 140 Å². The molecule has 0 atom stereocenters. The molecule has 1 aromatic heterocycles. The Morgan fingerprint density at radius 1 is 1.25 bits per heavy atom. The molecule has 3 N–H and O–H groups in total. The van der Waals surface area contributed by atoms with Gasteiger partial charge in [-0.15, -0.1) is 0 Å². The van der Waals surface area contributed by atoms with Crippen molar-refractivity contribution in [2.24, 2.45) is 5.41 Å². The van der Waals surface area contributed by atoms with E-state index in [1.54, 1.807) is 6.07 Å². The lowest BCUT2D eigenvalue weighted by molar-refractivity contribution is -0.136. The number of nitrogens with zero attached hydrogens (tertiary/aromatic N) is 1. The normalized spacial score (nSPS) is 15.2. The van der Waals surface area contributed by atoms with Gasteiger partial charge in [-0.1, -0.05) is 13.0 Å². The smallest absolute Gasteiger partial charge is 0.313 e. The Morgan fingerprint density at radius 2 is 2.04 bits per heavy atom. The quantitative estimate of drug-likeness (QED) is 0.708. The van der Waals surface area contributed by atoms with Crippen LogP contribution in [0.15, 0.2) is 30.5 Å². The average molecular weight is 329 g/mol. The Balaban J connectivity index is 1.64. The predicted molar refractivity (Wildman–Crippen MR) is 92.6 cm³/mol. The highest BCUT2D eigenvalue weighted by molar-refractivity contribution is 6.39. The first-order chi connectivity index (χ1) is 11.6. The van der Waals surface area contributed by atoms with Crippen LogP contribution < -0.4 is 10.6 Å². The summed E-state index contributed by atoms with van der Waals surface area (Å²) in [5, 5.41) is 15.6. The number of aryl methyl sites for hydroxylation is 1. The maximum atomic E-state index is 12.0. The van der Waals surface area contributed by atoms with Crippen molar-refractivity contribution in [3.8, 4) is 0 Å². The molecule has 0 unspecified atom stereocenters. The first kappa shape index (κ1) is 16.5. The number of aliphatic hydroxyl groups excluding tert-OH is 1. The molecule has 0 aliphatic heterocycles. The number of hydrogen-bond donors (Lipinski definition) is 3. The van der Waals surface area contributed by atoms with Crippen LogP contribution in [0.1, 0.15) is 26.2 Å². The summed E-state index contributed by atoms with van der Waals surface area (Å²) in [6, 6.07) is 7.64. The monoisotopic (exact) mass is 329 g/mol. The van der Waals surface area contributed by atoms with Crippen LogP contribution in [0.2, 0.25) is 0 Å². The molecule has 3 rings (SSSR count). The van der Waals surface area contributed by atoms with Gasteiger partial charge in [0.15, 0.2) is 0 Å². The van der Waals surface area contributed by atoms with Gasteiger partial charge >= 0.3 is 11.8 Å².